The van der Waals surface area contributed by atoms with Gasteiger partial charge in [-0.15, -0.1) is 0 Å². The molecule has 0 aliphatic heterocycles. The molecule has 0 aromatic carbocycles. The number of nitrogens with zero attached hydrogens (tertiary/aromatic N) is 1. The molecule has 0 aromatic heterocycles. The van der Waals surface area contributed by atoms with E-state index in [1.54, 1.807) is 0 Å². The molecule has 0 amide bonds. The van der Waals surface area contributed by atoms with Crippen LogP contribution in [0.15, 0.2) is 12.2 Å². The number of hydrogen-bond donors (Lipinski definition) is 1. The van der Waals surface area contributed by atoms with Gasteiger partial charge >= 0.3 is 5.97 Å². The largest absolute Gasteiger partial charge is 0.480 e. The SMILES string of the molecule is CCCCCCCC/C=C\CCCCCCCCC(C(=O)O)N(CC)CC. The van der Waals surface area contributed by atoms with Gasteiger partial charge in [-0.3, -0.25) is 9.69 Å². The lowest BCUT2D eigenvalue weighted by atomic mass is 10.0. The van der Waals surface area contributed by atoms with Crippen LogP contribution in [0.4, 0.5) is 0 Å². The van der Waals surface area contributed by atoms with Crippen molar-refractivity contribution in [2.45, 2.75) is 123 Å². The second-order valence-corrected chi connectivity index (χ2v) is 7.80. The van der Waals surface area contributed by atoms with Crippen molar-refractivity contribution >= 4 is 5.97 Å². The summed E-state index contributed by atoms with van der Waals surface area (Å²) in [4.78, 5) is 13.5. The van der Waals surface area contributed by atoms with Crippen LogP contribution in [0.3, 0.4) is 0 Å². The summed E-state index contributed by atoms with van der Waals surface area (Å²) in [5.41, 5.74) is 0. The first-order valence-electron chi connectivity index (χ1n) is 11.8. The number of carboxylic acid groups (broad SMARTS) is 1. The average molecular weight is 382 g/mol. The van der Waals surface area contributed by atoms with Crippen molar-refractivity contribution in [1.82, 2.24) is 4.90 Å². The van der Waals surface area contributed by atoms with E-state index < -0.39 is 5.97 Å². The van der Waals surface area contributed by atoms with Gasteiger partial charge in [-0.05, 0) is 45.2 Å². The number of likely N-dealkylation sites (N-methyl/N-ethyl adjacent to an activating group) is 1. The highest BCUT2D eigenvalue weighted by Gasteiger charge is 2.22. The molecule has 0 spiro atoms. The van der Waals surface area contributed by atoms with E-state index in [1.807, 2.05) is 13.8 Å². The molecule has 1 N–H and O–H groups in total. The molecule has 0 bridgehead atoms. The van der Waals surface area contributed by atoms with Crippen LogP contribution in [0.5, 0.6) is 0 Å². The first kappa shape index (κ1) is 26.2. The lowest BCUT2D eigenvalue weighted by Gasteiger charge is -2.26. The zero-order chi connectivity index (χ0) is 20.2. The van der Waals surface area contributed by atoms with Crippen molar-refractivity contribution in [2.24, 2.45) is 0 Å². The van der Waals surface area contributed by atoms with Gasteiger partial charge in [0.1, 0.15) is 6.04 Å². The molecule has 0 aromatic rings. The third-order valence-corrected chi connectivity index (χ3v) is 5.53. The van der Waals surface area contributed by atoms with E-state index in [9.17, 15) is 9.90 Å². The number of carboxylic acids is 1. The smallest absolute Gasteiger partial charge is 0.320 e. The summed E-state index contributed by atoms with van der Waals surface area (Å²) in [6.45, 7) is 7.99. The Balaban J connectivity index is 3.46. The second-order valence-electron chi connectivity index (χ2n) is 7.80. The molecule has 1 unspecified atom stereocenters. The summed E-state index contributed by atoms with van der Waals surface area (Å²) >= 11 is 0. The summed E-state index contributed by atoms with van der Waals surface area (Å²) in [5, 5.41) is 9.38. The Hall–Kier alpha value is -0.830. The molecule has 0 rings (SSSR count). The minimum absolute atomic E-state index is 0.295. The topological polar surface area (TPSA) is 40.5 Å². The van der Waals surface area contributed by atoms with E-state index >= 15 is 0 Å². The normalized spacial score (nSPS) is 12.9. The molecule has 1 atom stereocenters. The number of rotatable bonds is 20. The van der Waals surface area contributed by atoms with E-state index in [-0.39, 0.29) is 6.04 Å². The minimum Gasteiger partial charge on any atom is -0.480 e. The van der Waals surface area contributed by atoms with Gasteiger partial charge in [-0.25, -0.2) is 0 Å². The number of unbranched alkanes of at least 4 members (excludes halogenated alkanes) is 12. The fourth-order valence-electron chi connectivity index (χ4n) is 3.71. The van der Waals surface area contributed by atoms with Crippen molar-refractivity contribution in [3.63, 3.8) is 0 Å². The zero-order valence-corrected chi connectivity index (χ0v) is 18.6. The van der Waals surface area contributed by atoms with Gasteiger partial charge in [0.2, 0.25) is 0 Å². The molecule has 0 saturated carbocycles. The third kappa shape index (κ3) is 15.9. The quantitative estimate of drug-likeness (QED) is 0.179. The maximum absolute atomic E-state index is 11.4. The number of carbonyl (C=O) groups is 1. The van der Waals surface area contributed by atoms with E-state index in [4.69, 9.17) is 0 Å². The second kappa shape index (κ2) is 19.9. The van der Waals surface area contributed by atoms with Gasteiger partial charge < -0.3 is 5.11 Å². The Morgan fingerprint density at radius 1 is 0.741 bits per heavy atom. The Kier molecular flexibility index (Phi) is 19.3. The molecule has 0 saturated heterocycles. The van der Waals surface area contributed by atoms with Crippen LogP contribution in [0, 0.1) is 0 Å². The van der Waals surface area contributed by atoms with Crippen molar-refractivity contribution in [1.29, 1.82) is 0 Å². The minimum atomic E-state index is -0.661. The number of aliphatic carboxylic acids is 1. The molecule has 160 valence electrons. The van der Waals surface area contributed by atoms with E-state index in [2.05, 4.69) is 24.0 Å². The molecule has 0 fully saturated rings. The zero-order valence-electron chi connectivity index (χ0n) is 18.6. The fourth-order valence-corrected chi connectivity index (χ4v) is 3.71. The van der Waals surface area contributed by atoms with Crippen LogP contribution in [0.25, 0.3) is 0 Å². The maximum Gasteiger partial charge on any atom is 0.320 e. The number of hydrogen-bond acceptors (Lipinski definition) is 2. The van der Waals surface area contributed by atoms with Crippen LogP contribution in [0.2, 0.25) is 0 Å². The summed E-state index contributed by atoms with van der Waals surface area (Å²) in [5.74, 6) is -0.661. The predicted octanol–water partition coefficient (Wildman–Crippen LogP) is 7.21. The molecule has 0 heterocycles. The molecule has 27 heavy (non-hydrogen) atoms. The van der Waals surface area contributed by atoms with Crippen molar-refractivity contribution in [2.75, 3.05) is 13.1 Å². The molecule has 3 nitrogen and oxygen atoms in total. The highest BCUT2D eigenvalue weighted by Crippen LogP contribution is 2.14. The summed E-state index contributed by atoms with van der Waals surface area (Å²) in [7, 11) is 0. The maximum atomic E-state index is 11.4. The van der Waals surface area contributed by atoms with E-state index in [0.29, 0.717) is 0 Å². The number of allylic oxidation sites excluding steroid dienone is 2. The van der Waals surface area contributed by atoms with Gasteiger partial charge in [-0.1, -0.05) is 97.1 Å². The van der Waals surface area contributed by atoms with Crippen LogP contribution >= 0.6 is 0 Å². The summed E-state index contributed by atoms with van der Waals surface area (Å²) < 4.78 is 0. The van der Waals surface area contributed by atoms with Gasteiger partial charge in [0.25, 0.3) is 0 Å². The first-order valence-corrected chi connectivity index (χ1v) is 11.8. The van der Waals surface area contributed by atoms with Gasteiger partial charge in [0, 0.05) is 0 Å². The molecule has 0 aliphatic rings. The van der Waals surface area contributed by atoms with Gasteiger partial charge in [0.05, 0.1) is 0 Å². The Morgan fingerprint density at radius 2 is 1.19 bits per heavy atom. The molecule has 3 heteroatoms. The van der Waals surface area contributed by atoms with E-state index in [1.165, 1.54) is 83.5 Å². The molecular weight excluding hydrogens is 334 g/mol. The lowest BCUT2D eigenvalue weighted by molar-refractivity contribution is -0.143. The Labute approximate surface area is 169 Å². The summed E-state index contributed by atoms with van der Waals surface area (Å²) in [6, 6.07) is -0.295. The first-order chi connectivity index (χ1) is 13.2. The Morgan fingerprint density at radius 3 is 1.63 bits per heavy atom. The molecule has 0 radical (unpaired) electrons. The van der Waals surface area contributed by atoms with Crippen molar-refractivity contribution < 1.29 is 9.90 Å². The highest BCUT2D eigenvalue weighted by atomic mass is 16.4. The van der Waals surface area contributed by atoms with E-state index in [0.717, 1.165) is 25.9 Å². The predicted molar refractivity (Wildman–Crippen MR) is 118 cm³/mol. The van der Waals surface area contributed by atoms with Gasteiger partial charge in [0.15, 0.2) is 0 Å². The standard InChI is InChI=1S/C24H47NO2/c1-4-7-8-9-10-11-12-13-14-15-16-17-18-19-20-21-22-23(24(26)27)25(5-2)6-3/h13-14,23H,4-12,15-22H2,1-3H3,(H,26,27)/b14-13-. The lowest BCUT2D eigenvalue weighted by Crippen LogP contribution is -2.40. The van der Waals surface area contributed by atoms with Crippen molar-refractivity contribution in [3.05, 3.63) is 12.2 Å². The van der Waals surface area contributed by atoms with Crippen LogP contribution in [-0.2, 0) is 4.79 Å². The van der Waals surface area contributed by atoms with Crippen LogP contribution < -0.4 is 0 Å². The highest BCUT2D eigenvalue weighted by molar-refractivity contribution is 5.73. The molecular formula is C24H47NO2. The molecule has 0 aliphatic carbocycles. The average Bonchev–Trinajstić information content (AvgIpc) is 2.66. The van der Waals surface area contributed by atoms with Gasteiger partial charge in [-0.2, -0.15) is 0 Å². The third-order valence-electron chi connectivity index (χ3n) is 5.53. The Bertz CT molecular complexity index is 350. The fraction of sp³-hybridized carbons (Fsp3) is 0.875. The van der Waals surface area contributed by atoms with Crippen LogP contribution in [0.1, 0.15) is 117 Å². The monoisotopic (exact) mass is 381 g/mol. The summed E-state index contributed by atoms with van der Waals surface area (Å²) in [6.07, 6.45) is 23.6. The van der Waals surface area contributed by atoms with Crippen LogP contribution in [-0.4, -0.2) is 35.1 Å². The van der Waals surface area contributed by atoms with Crippen molar-refractivity contribution in [3.8, 4) is 0 Å².